The molecule has 0 bridgehead atoms. The summed E-state index contributed by atoms with van der Waals surface area (Å²) >= 11 is 0. The molecule has 0 aliphatic heterocycles. The van der Waals surface area contributed by atoms with Crippen molar-refractivity contribution in [2.24, 2.45) is 5.73 Å². The SMILES string of the molecule is N#CCCn1nc(-c2ccccc2)c2c1CCCC2N. The number of hydrogen-bond donors (Lipinski definition) is 1. The molecule has 2 aromatic rings. The Morgan fingerprint density at radius 1 is 1.35 bits per heavy atom. The smallest absolute Gasteiger partial charge is 0.0973 e. The molecule has 0 saturated heterocycles. The molecule has 4 heteroatoms. The van der Waals surface area contributed by atoms with E-state index in [4.69, 9.17) is 16.1 Å². The first kappa shape index (κ1) is 12.9. The van der Waals surface area contributed by atoms with Gasteiger partial charge in [-0.3, -0.25) is 4.68 Å². The predicted octanol–water partition coefficient (Wildman–Crippen LogP) is 2.80. The lowest BCUT2D eigenvalue weighted by Gasteiger charge is -2.20. The Morgan fingerprint density at radius 2 is 2.15 bits per heavy atom. The lowest BCUT2D eigenvalue weighted by molar-refractivity contribution is 0.524. The van der Waals surface area contributed by atoms with Crippen LogP contribution in [0.25, 0.3) is 11.3 Å². The molecule has 0 spiro atoms. The van der Waals surface area contributed by atoms with Gasteiger partial charge in [0.15, 0.2) is 0 Å². The van der Waals surface area contributed by atoms with Crippen molar-refractivity contribution < 1.29 is 0 Å². The second-order valence-electron chi connectivity index (χ2n) is 5.20. The van der Waals surface area contributed by atoms with E-state index >= 15 is 0 Å². The Bertz CT molecular complexity index is 636. The zero-order valence-corrected chi connectivity index (χ0v) is 11.4. The number of nitrogens with two attached hydrogens (primary N) is 1. The summed E-state index contributed by atoms with van der Waals surface area (Å²) in [5.41, 5.74) is 10.8. The van der Waals surface area contributed by atoms with Crippen LogP contribution in [0.5, 0.6) is 0 Å². The van der Waals surface area contributed by atoms with Gasteiger partial charge in [-0.25, -0.2) is 0 Å². The third kappa shape index (κ3) is 2.21. The molecule has 1 heterocycles. The zero-order chi connectivity index (χ0) is 13.9. The van der Waals surface area contributed by atoms with Crippen LogP contribution in [-0.4, -0.2) is 9.78 Å². The van der Waals surface area contributed by atoms with Crippen molar-refractivity contribution >= 4 is 0 Å². The quantitative estimate of drug-likeness (QED) is 0.928. The molecule has 1 unspecified atom stereocenters. The Labute approximate surface area is 118 Å². The molecule has 0 fully saturated rings. The van der Waals surface area contributed by atoms with E-state index in [0.717, 1.165) is 30.5 Å². The molecule has 0 amide bonds. The third-order valence-corrected chi connectivity index (χ3v) is 3.88. The summed E-state index contributed by atoms with van der Waals surface area (Å²) in [5.74, 6) is 0. The Morgan fingerprint density at radius 3 is 2.90 bits per heavy atom. The van der Waals surface area contributed by atoms with Gasteiger partial charge in [0.25, 0.3) is 0 Å². The summed E-state index contributed by atoms with van der Waals surface area (Å²) in [6.45, 7) is 0.651. The van der Waals surface area contributed by atoms with Gasteiger partial charge in [-0.1, -0.05) is 30.3 Å². The van der Waals surface area contributed by atoms with E-state index in [1.165, 1.54) is 11.3 Å². The monoisotopic (exact) mass is 266 g/mol. The summed E-state index contributed by atoms with van der Waals surface area (Å²) in [7, 11) is 0. The van der Waals surface area contributed by atoms with Crippen LogP contribution in [-0.2, 0) is 13.0 Å². The van der Waals surface area contributed by atoms with E-state index < -0.39 is 0 Å². The fourth-order valence-corrected chi connectivity index (χ4v) is 2.95. The van der Waals surface area contributed by atoms with Gasteiger partial charge >= 0.3 is 0 Å². The Kier molecular flexibility index (Phi) is 3.53. The molecule has 3 rings (SSSR count). The molecule has 1 aliphatic rings. The summed E-state index contributed by atoms with van der Waals surface area (Å²) in [6, 6.07) is 12.4. The molecular weight excluding hydrogens is 248 g/mol. The molecule has 1 aromatic carbocycles. The van der Waals surface area contributed by atoms with Gasteiger partial charge in [0.1, 0.15) is 0 Å². The van der Waals surface area contributed by atoms with Crippen LogP contribution in [0.2, 0.25) is 0 Å². The third-order valence-electron chi connectivity index (χ3n) is 3.88. The molecule has 1 aromatic heterocycles. The Balaban J connectivity index is 2.10. The Hall–Kier alpha value is -2.12. The minimum Gasteiger partial charge on any atom is -0.324 e. The van der Waals surface area contributed by atoms with Gasteiger partial charge in [-0.15, -0.1) is 0 Å². The minimum atomic E-state index is 0.0600. The van der Waals surface area contributed by atoms with Crippen LogP contribution in [0.3, 0.4) is 0 Å². The van der Waals surface area contributed by atoms with Crippen molar-refractivity contribution in [3.63, 3.8) is 0 Å². The minimum absolute atomic E-state index is 0.0600. The van der Waals surface area contributed by atoms with E-state index in [9.17, 15) is 0 Å². The van der Waals surface area contributed by atoms with Crippen LogP contribution < -0.4 is 5.73 Å². The molecule has 20 heavy (non-hydrogen) atoms. The number of hydrogen-bond acceptors (Lipinski definition) is 3. The molecule has 102 valence electrons. The molecular formula is C16H18N4. The molecule has 1 atom stereocenters. The first-order chi connectivity index (χ1) is 9.81. The van der Waals surface area contributed by atoms with Crippen molar-refractivity contribution in [1.29, 1.82) is 5.26 Å². The second-order valence-corrected chi connectivity index (χ2v) is 5.20. The molecule has 0 saturated carbocycles. The average Bonchev–Trinajstić information content (AvgIpc) is 2.86. The van der Waals surface area contributed by atoms with E-state index in [1.807, 2.05) is 22.9 Å². The number of nitriles is 1. The van der Waals surface area contributed by atoms with Crippen molar-refractivity contribution in [2.75, 3.05) is 0 Å². The highest BCUT2D eigenvalue weighted by Crippen LogP contribution is 2.35. The number of rotatable bonds is 3. The van der Waals surface area contributed by atoms with Crippen molar-refractivity contribution in [3.05, 3.63) is 41.6 Å². The highest BCUT2D eigenvalue weighted by atomic mass is 15.3. The van der Waals surface area contributed by atoms with Crippen LogP contribution >= 0.6 is 0 Å². The van der Waals surface area contributed by atoms with Crippen LogP contribution in [0.1, 0.15) is 36.6 Å². The maximum atomic E-state index is 8.79. The van der Waals surface area contributed by atoms with Crippen molar-refractivity contribution in [3.8, 4) is 17.3 Å². The fraction of sp³-hybridized carbons (Fsp3) is 0.375. The molecule has 1 aliphatic carbocycles. The second kappa shape index (κ2) is 5.48. The summed E-state index contributed by atoms with van der Waals surface area (Å²) < 4.78 is 1.99. The van der Waals surface area contributed by atoms with E-state index in [2.05, 4.69) is 18.2 Å². The first-order valence-electron chi connectivity index (χ1n) is 7.09. The average molecular weight is 266 g/mol. The lowest BCUT2D eigenvalue weighted by Crippen LogP contribution is -2.19. The van der Waals surface area contributed by atoms with E-state index in [0.29, 0.717) is 13.0 Å². The summed E-state index contributed by atoms with van der Waals surface area (Å²) in [5, 5.41) is 13.5. The maximum absolute atomic E-state index is 8.79. The fourth-order valence-electron chi connectivity index (χ4n) is 2.95. The van der Waals surface area contributed by atoms with Gasteiger partial charge in [0.05, 0.1) is 24.7 Å². The largest absolute Gasteiger partial charge is 0.324 e. The summed E-state index contributed by atoms with van der Waals surface area (Å²) in [4.78, 5) is 0. The number of nitrogens with zero attached hydrogens (tertiary/aromatic N) is 3. The highest BCUT2D eigenvalue weighted by Gasteiger charge is 2.26. The highest BCUT2D eigenvalue weighted by molar-refractivity contribution is 5.65. The number of aromatic nitrogens is 2. The van der Waals surface area contributed by atoms with E-state index in [-0.39, 0.29) is 6.04 Å². The summed E-state index contributed by atoms with van der Waals surface area (Å²) in [6.07, 6.45) is 3.60. The van der Waals surface area contributed by atoms with E-state index in [1.54, 1.807) is 0 Å². The van der Waals surface area contributed by atoms with Gasteiger partial charge in [0, 0.05) is 22.9 Å². The van der Waals surface area contributed by atoms with Crippen molar-refractivity contribution in [1.82, 2.24) is 9.78 Å². The number of benzene rings is 1. The van der Waals surface area contributed by atoms with Crippen LogP contribution in [0.15, 0.2) is 30.3 Å². The predicted molar refractivity (Wildman–Crippen MR) is 77.8 cm³/mol. The standard InChI is InChI=1S/C16H18N4/c17-10-5-11-20-14-9-4-8-13(18)15(14)16(19-20)12-6-2-1-3-7-12/h1-3,6-7,13H,4-5,8-9,11,18H2. The van der Waals surface area contributed by atoms with Crippen LogP contribution in [0, 0.1) is 11.3 Å². The topological polar surface area (TPSA) is 67.6 Å². The maximum Gasteiger partial charge on any atom is 0.0973 e. The van der Waals surface area contributed by atoms with Crippen molar-refractivity contribution in [2.45, 2.75) is 38.3 Å². The molecule has 0 radical (unpaired) electrons. The molecule has 2 N–H and O–H groups in total. The molecule has 4 nitrogen and oxygen atoms in total. The lowest BCUT2D eigenvalue weighted by atomic mass is 9.89. The zero-order valence-electron chi connectivity index (χ0n) is 11.4. The van der Waals surface area contributed by atoms with Gasteiger partial charge in [-0.05, 0) is 19.3 Å². The normalized spacial score (nSPS) is 17.5. The van der Waals surface area contributed by atoms with Crippen LogP contribution in [0.4, 0.5) is 0 Å². The van der Waals surface area contributed by atoms with Gasteiger partial charge < -0.3 is 5.73 Å². The number of aryl methyl sites for hydroxylation is 1. The van der Waals surface area contributed by atoms with Gasteiger partial charge in [0.2, 0.25) is 0 Å². The van der Waals surface area contributed by atoms with Gasteiger partial charge in [-0.2, -0.15) is 10.4 Å². The number of fused-ring (bicyclic) bond motifs is 1. The first-order valence-corrected chi connectivity index (χ1v) is 7.09.